The van der Waals surface area contributed by atoms with Gasteiger partial charge >= 0.3 is 0 Å². The molecule has 0 saturated carbocycles. The fraction of sp³-hybridized carbons (Fsp3) is 0.364. The van der Waals surface area contributed by atoms with Gasteiger partial charge in [-0.1, -0.05) is 54.6 Å². The number of benzene rings is 2. The molecule has 1 heterocycles. The van der Waals surface area contributed by atoms with Crippen molar-refractivity contribution in [2.24, 2.45) is 0 Å². The Morgan fingerprint density at radius 2 is 1.38 bits per heavy atom. The van der Waals surface area contributed by atoms with Crippen molar-refractivity contribution >= 4 is 11.8 Å². The molecule has 0 radical (unpaired) electrons. The van der Waals surface area contributed by atoms with Gasteiger partial charge in [0.05, 0.1) is 6.42 Å². The summed E-state index contributed by atoms with van der Waals surface area (Å²) in [6, 6.07) is 18.1. The average molecular weight is 350 g/mol. The number of carbonyl (C=O) groups is 2. The van der Waals surface area contributed by atoms with E-state index in [2.05, 4.69) is 12.1 Å². The van der Waals surface area contributed by atoms with E-state index in [1.165, 1.54) is 5.56 Å². The molecule has 1 saturated heterocycles. The predicted octanol–water partition coefficient (Wildman–Crippen LogP) is 2.84. The van der Waals surface area contributed by atoms with Crippen LogP contribution in [0.25, 0.3) is 0 Å². The SMILES string of the molecule is Cc1ccccc1CC(=O)N1CCN(C(=O)CCc2ccccc2)CC1. The van der Waals surface area contributed by atoms with Gasteiger partial charge in [-0.25, -0.2) is 0 Å². The summed E-state index contributed by atoms with van der Waals surface area (Å²) >= 11 is 0. The Kier molecular flexibility index (Phi) is 6.05. The van der Waals surface area contributed by atoms with E-state index in [1.807, 2.05) is 59.2 Å². The van der Waals surface area contributed by atoms with Gasteiger partial charge < -0.3 is 9.80 Å². The van der Waals surface area contributed by atoms with Crippen molar-refractivity contribution in [3.05, 3.63) is 71.3 Å². The number of carbonyl (C=O) groups excluding carboxylic acids is 2. The van der Waals surface area contributed by atoms with E-state index in [1.54, 1.807) is 0 Å². The third-order valence-electron chi connectivity index (χ3n) is 5.06. The second-order valence-corrected chi connectivity index (χ2v) is 6.85. The standard InChI is InChI=1S/C22H26N2O2/c1-18-7-5-6-10-20(18)17-22(26)24-15-13-23(14-16-24)21(25)12-11-19-8-3-2-4-9-19/h2-10H,11-17H2,1H3. The van der Waals surface area contributed by atoms with Crippen molar-refractivity contribution < 1.29 is 9.59 Å². The zero-order valence-corrected chi connectivity index (χ0v) is 15.4. The van der Waals surface area contributed by atoms with Gasteiger partial charge in [-0.05, 0) is 30.0 Å². The molecule has 136 valence electrons. The number of rotatable bonds is 5. The van der Waals surface area contributed by atoms with Gasteiger partial charge in [0.1, 0.15) is 0 Å². The molecule has 0 unspecified atom stereocenters. The Bertz CT molecular complexity index is 750. The van der Waals surface area contributed by atoms with Crippen LogP contribution in [0.15, 0.2) is 54.6 Å². The van der Waals surface area contributed by atoms with Crippen LogP contribution in [0.2, 0.25) is 0 Å². The highest BCUT2D eigenvalue weighted by Crippen LogP contribution is 2.12. The largest absolute Gasteiger partial charge is 0.339 e. The minimum absolute atomic E-state index is 0.149. The first kappa shape index (κ1) is 18.2. The molecule has 4 heteroatoms. The Morgan fingerprint density at radius 3 is 2.04 bits per heavy atom. The predicted molar refractivity (Wildman–Crippen MR) is 103 cm³/mol. The number of aryl methyl sites for hydroxylation is 2. The van der Waals surface area contributed by atoms with Crippen LogP contribution in [-0.4, -0.2) is 47.8 Å². The molecule has 0 N–H and O–H groups in total. The lowest BCUT2D eigenvalue weighted by Crippen LogP contribution is -2.51. The van der Waals surface area contributed by atoms with E-state index >= 15 is 0 Å². The minimum Gasteiger partial charge on any atom is -0.339 e. The van der Waals surface area contributed by atoms with Gasteiger partial charge in [-0.2, -0.15) is 0 Å². The van der Waals surface area contributed by atoms with Crippen LogP contribution in [0.5, 0.6) is 0 Å². The lowest BCUT2D eigenvalue weighted by molar-refractivity contribution is -0.139. The van der Waals surface area contributed by atoms with Crippen molar-refractivity contribution in [2.75, 3.05) is 26.2 Å². The highest BCUT2D eigenvalue weighted by molar-refractivity contribution is 5.80. The molecule has 1 aliphatic rings. The van der Waals surface area contributed by atoms with E-state index in [9.17, 15) is 9.59 Å². The number of hydrogen-bond acceptors (Lipinski definition) is 2. The van der Waals surface area contributed by atoms with Gasteiger partial charge in [0, 0.05) is 32.6 Å². The number of nitrogens with zero attached hydrogens (tertiary/aromatic N) is 2. The van der Waals surface area contributed by atoms with Crippen molar-refractivity contribution in [1.29, 1.82) is 0 Å². The Labute approximate surface area is 155 Å². The van der Waals surface area contributed by atoms with Crippen LogP contribution in [-0.2, 0) is 22.4 Å². The van der Waals surface area contributed by atoms with E-state index in [-0.39, 0.29) is 11.8 Å². The zero-order valence-electron chi connectivity index (χ0n) is 15.4. The topological polar surface area (TPSA) is 40.6 Å². The summed E-state index contributed by atoms with van der Waals surface area (Å²) in [7, 11) is 0. The third kappa shape index (κ3) is 4.72. The van der Waals surface area contributed by atoms with Gasteiger partial charge in [0.25, 0.3) is 0 Å². The van der Waals surface area contributed by atoms with Crippen molar-refractivity contribution in [2.45, 2.75) is 26.2 Å². The average Bonchev–Trinajstić information content (AvgIpc) is 2.69. The minimum atomic E-state index is 0.149. The lowest BCUT2D eigenvalue weighted by Gasteiger charge is -2.35. The van der Waals surface area contributed by atoms with E-state index in [0.717, 1.165) is 17.5 Å². The Balaban J connectivity index is 1.45. The van der Waals surface area contributed by atoms with Crippen molar-refractivity contribution in [1.82, 2.24) is 9.80 Å². The molecule has 0 aromatic heterocycles. The van der Waals surface area contributed by atoms with Crippen LogP contribution in [0.4, 0.5) is 0 Å². The maximum atomic E-state index is 12.5. The molecular formula is C22H26N2O2. The van der Waals surface area contributed by atoms with E-state index in [0.29, 0.717) is 39.0 Å². The lowest BCUT2D eigenvalue weighted by atomic mass is 10.1. The maximum absolute atomic E-state index is 12.5. The number of piperazine rings is 1. The molecular weight excluding hydrogens is 324 g/mol. The summed E-state index contributed by atoms with van der Waals surface area (Å²) in [6.07, 6.45) is 1.74. The van der Waals surface area contributed by atoms with E-state index < -0.39 is 0 Å². The van der Waals surface area contributed by atoms with E-state index in [4.69, 9.17) is 0 Å². The molecule has 1 fully saturated rings. The molecule has 0 aliphatic carbocycles. The molecule has 4 nitrogen and oxygen atoms in total. The van der Waals surface area contributed by atoms with Crippen molar-refractivity contribution in [3.8, 4) is 0 Å². The molecule has 2 amide bonds. The summed E-state index contributed by atoms with van der Waals surface area (Å²) in [4.78, 5) is 28.7. The molecule has 0 spiro atoms. The second-order valence-electron chi connectivity index (χ2n) is 6.85. The number of hydrogen-bond donors (Lipinski definition) is 0. The van der Waals surface area contributed by atoms with Gasteiger partial charge in [-0.15, -0.1) is 0 Å². The smallest absolute Gasteiger partial charge is 0.227 e. The van der Waals surface area contributed by atoms with Crippen LogP contribution in [0, 0.1) is 6.92 Å². The summed E-state index contributed by atoms with van der Waals surface area (Å²) in [6.45, 7) is 4.55. The summed E-state index contributed by atoms with van der Waals surface area (Å²) < 4.78 is 0. The molecule has 2 aromatic carbocycles. The van der Waals surface area contributed by atoms with Crippen LogP contribution in [0.3, 0.4) is 0 Å². The fourth-order valence-corrected chi connectivity index (χ4v) is 3.34. The van der Waals surface area contributed by atoms with Gasteiger partial charge in [-0.3, -0.25) is 9.59 Å². The monoisotopic (exact) mass is 350 g/mol. The third-order valence-corrected chi connectivity index (χ3v) is 5.06. The first-order valence-corrected chi connectivity index (χ1v) is 9.27. The van der Waals surface area contributed by atoms with Crippen LogP contribution in [0.1, 0.15) is 23.1 Å². The zero-order chi connectivity index (χ0) is 18.4. The highest BCUT2D eigenvalue weighted by atomic mass is 16.2. The molecule has 0 bridgehead atoms. The van der Waals surface area contributed by atoms with Crippen LogP contribution >= 0.6 is 0 Å². The molecule has 1 aliphatic heterocycles. The summed E-state index contributed by atoms with van der Waals surface area (Å²) in [5.74, 6) is 0.329. The highest BCUT2D eigenvalue weighted by Gasteiger charge is 2.24. The van der Waals surface area contributed by atoms with Gasteiger partial charge in [0.2, 0.25) is 11.8 Å². The van der Waals surface area contributed by atoms with Gasteiger partial charge in [0.15, 0.2) is 0 Å². The van der Waals surface area contributed by atoms with Crippen LogP contribution < -0.4 is 0 Å². The first-order valence-electron chi connectivity index (χ1n) is 9.27. The molecule has 3 rings (SSSR count). The summed E-state index contributed by atoms with van der Waals surface area (Å²) in [5, 5.41) is 0. The molecule has 26 heavy (non-hydrogen) atoms. The fourth-order valence-electron chi connectivity index (χ4n) is 3.34. The molecule has 0 atom stereocenters. The second kappa shape index (κ2) is 8.65. The van der Waals surface area contributed by atoms with Crippen molar-refractivity contribution in [3.63, 3.8) is 0 Å². The molecule has 2 aromatic rings. The Hall–Kier alpha value is -2.62. The first-order chi connectivity index (χ1) is 12.6. The number of amides is 2. The maximum Gasteiger partial charge on any atom is 0.227 e. The quantitative estimate of drug-likeness (QED) is 0.832. The Morgan fingerprint density at radius 1 is 0.808 bits per heavy atom. The normalized spacial score (nSPS) is 14.3. The summed E-state index contributed by atoms with van der Waals surface area (Å²) in [5.41, 5.74) is 3.42.